The molecule has 0 atom stereocenters. The third-order valence-electron chi connectivity index (χ3n) is 0.515. The van der Waals surface area contributed by atoms with Gasteiger partial charge in [0.05, 0.1) is 0 Å². The van der Waals surface area contributed by atoms with Gasteiger partial charge in [0.2, 0.25) is 0 Å². The summed E-state index contributed by atoms with van der Waals surface area (Å²) in [6, 6.07) is 0. The summed E-state index contributed by atoms with van der Waals surface area (Å²) in [4.78, 5) is 9.62. The SMILES string of the molecule is NC(=O)S(=O)(=O)C(F)F. The molecule has 0 spiro atoms. The summed E-state index contributed by atoms with van der Waals surface area (Å²) < 4.78 is 42.0. The van der Waals surface area contributed by atoms with Crippen LogP contribution in [0.2, 0.25) is 0 Å². The monoisotopic (exact) mass is 159 g/mol. The van der Waals surface area contributed by atoms with Gasteiger partial charge in [-0.2, -0.15) is 8.78 Å². The van der Waals surface area contributed by atoms with Crippen molar-refractivity contribution in [3.05, 3.63) is 0 Å². The second-order valence-corrected chi connectivity index (χ2v) is 2.97. The van der Waals surface area contributed by atoms with E-state index in [1.165, 1.54) is 0 Å². The van der Waals surface area contributed by atoms with Crippen LogP contribution in [0.25, 0.3) is 0 Å². The molecule has 0 aliphatic heterocycles. The van der Waals surface area contributed by atoms with Crippen molar-refractivity contribution >= 4 is 15.1 Å². The topological polar surface area (TPSA) is 77.2 Å². The van der Waals surface area contributed by atoms with Crippen LogP contribution in [0.5, 0.6) is 0 Å². The molecule has 0 aromatic carbocycles. The molecule has 0 saturated heterocycles. The normalized spacial score (nSPS) is 11.9. The van der Waals surface area contributed by atoms with E-state index in [1.54, 1.807) is 0 Å². The van der Waals surface area contributed by atoms with Crippen molar-refractivity contribution in [1.29, 1.82) is 0 Å². The number of primary amides is 1. The molecule has 54 valence electrons. The van der Waals surface area contributed by atoms with Crippen LogP contribution >= 0.6 is 0 Å². The van der Waals surface area contributed by atoms with Gasteiger partial charge in [-0.1, -0.05) is 0 Å². The van der Waals surface area contributed by atoms with E-state index in [1.807, 2.05) is 0 Å². The minimum atomic E-state index is -5.01. The summed E-state index contributed by atoms with van der Waals surface area (Å²) in [5.41, 5.74) is 4.06. The van der Waals surface area contributed by atoms with Crippen LogP contribution in [0.4, 0.5) is 13.6 Å². The van der Waals surface area contributed by atoms with E-state index in [0.717, 1.165) is 0 Å². The van der Waals surface area contributed by atoms with E-state index in [4.69, 9.17) is 0 Å². The van der Waals surface area contributed by atoms with Gasteiger partial charge in [-0.25, -0.2) is 8.42 Å². The molecule has 0 heterocycles. The minimum Gasteiger partial charge on any atom is -0.356 e. The molecule has 0 aromatic rings. The molecule has 2 N–H and O–H groups in total. The highest BCUT2D eigenvalue weighted by molar-refractivity contribution is 8.06. The third-order valence-corrected chi connectivity index (χ3v) is 1.54. The molecule has 0 unspecified atom stereocenters. The molecule has 7 heteroatoms. The lowest BCUT2D eigenvalue weighted by molar-refractivity contribution is 0.230. The average molecular weight is 159 g/mol. The van der Waals surface area contributed by atoms with Gasteiger partial charge < -0.3 is 5.73 Å². The van der Waals surface area contributed by atoms with E-state index >= 15 is 0 Å². The number of halogens is 2. The number of hydrogen-bond donors (Lipinski definition) is 1. The van der Waals surface area contributed by atoms with Crippen LogP contribution in [0.15, 0.2) is 0 Å². The molecular weight excluding hydrogens is 156 g/mol. The number of hydrogen-bond acceptors (Lipinski definition) is 3. The lowest BCUT2D eigenvalue weighted by Gasteiger charge is -1.93. The minimum absolute atomic E-state index is 2.00. The molecule has 0 aliphatic carbocycles. The van der Waals surface area contributed by atoms with Gasteiger partial charge in [-0.15, -0.1) is 0 Å². The predicted octanol–water partition coefficient (Wildman–Crippen LogP) is -0.297. The maximum Gasteiger partial charge on any atom is 0.346 e. The Kier molecular flexibility index (Phi) is 2.08. The summed E-state index contributed by atoms with van der Waals surface area (Å²) in [5, 5.41) is -2.00. The van der Waals surface area contributed by atoms with Crippen molar-refractivity contribution in [3.8, 4) is 0 Å². The maximum atomic E-state index is 11.2. The largest absolute Gasteiger partial charge is 0.356 e. The van der Waals surface area contributed by atoms with Gasteiger partial charge in [0.1, 0.15) is 0 Å². The van der Waals surface area contributed by atoms with E-state index in [0.29, 0.717) is 0 Å². The van der Waals surface area contributed by atoms with Crippen LogP contribution in [0.3, 0.4) is 0 Å². The van der Waals surface area contributed by atoms with E-state index in [9.17, 15) is 22.0 Å². The Balaban J connectivity index is 4.63. The van der Waals surface area contributed by atoms with Crippen molar-refractivity contribution in [2.75, 3.05) is 0 Å². The zero-order valence-corrected chi connectivity index (χ0v) is 4.86. The molecule has 1 amide bonds. The number of sulfone groups is 1. The smallest absolute Gasteiger partial charge is 0.346 e. The molecule has 0 bridgehead atoms. The summed E-state index contributed by atoms with van der Waals surface area (Å²) >= 11 is 0. The molecule has 4 nitrogen and oxygen atoms in total. The highest BCUT2D eigenvalue weighted by Gasteiger charge is 2.30. The zero-order chi connectivity index (χ0) is 7.65. The Morgan fingerprint density at radius 2 is 1.78 bits per heavy atom. The molecule has 0 saturated carbocycles. The van der Waals surface area contributed by atoms with Gasteiger partial charge in [-0.3, -0.25) is 4.79 Å². The number of rotatable bonds is 1. The first kappa shape index (κ1) is 8.28. The Hall–Kier alpha value is -0.720. The third kappa shape index (κ3) is 1.60. The molecule has 0 aliphatic rings. The van der Waals surface area contributed by atoms with Gasteiger partial charge in [0.25, 0.3) is 9.84 Å². The van der Waals surface area contributed by atoms with Crippen LogP contribution in [0.1, 0.15) is 0 Å². The molecule has 0 radical (unpaired) electrons. The summed E-state index contributed by atoms with van der Waals surface area (Å²) in [5.74, 6) is -3.71. The lowest BCUT2D eigenvalue weighted by Crippen LogP contribution is -2.27. The molecular formula is C2H3F2NO3S. The summed E-state index contributed by atoms with van der Waals surface area (Å²) in [7, 11) is -5.01. The molecule has 0 aromatic heterocycles. The van der Waals surface area contributed by atoms with Crippen molar-refractivity contribution in [1.82, 2.24) is 0 Å². The van der Waals surface area contributed by atoms with Crippen LogP contribution < -0.4 is 5.73 Å². The number of carbonyl (C=O) groups excluding carboxylic acids is 1. The maximum absolute atomic E-state index is 11.2. The van der Waals surface area contributed by atoms with E-state index in [-0.39, 0.29) is 0 Å². The molecule has 0 fully saturated rings. The quantitative estimate of drug-likeness (QED) is 0.570. The Morgan fingerprint density at radius 3 is 1.78 bits per heavy atom. The number of alkyl halides is 2. The lowest BCUT2D eigenvalue weighted by atomic mass is 11.5. The van der Waals surface area contributed by atoms with Gasteiger partial charge in [-0.05, 0) is 0 Å². The highest BCUT2D eigenvalue weighted by Crippen LogP contribution is 2.03. The number of carbonyl (C=O) groups is 1. The number of nitrogens with two attached hydrogens (primary N) is 1. The first-order valence-corrected chi connectivity index (χ1v) is 3.25. The van der Waals surface area contributed by atoms with Gasteiger partial charge in [0.15, 0.2) is 0 Å². The number of amides is 1. The second kappa shape index (κ2) is 2.26. The first-order valence-electron chi connectivity index (χ1n) is 1.70. The Labute approximate surface area is 49.6 Å². The fourth-order valence-corrected chi connectivity index (χ4v) is 0.263. The highest BCUT2D eigenvalue weighted by atomic mass is 32.2. The van der Waals surface area contributed by atoms with Crippen molar-refractivity contribution in [2.45, 2.75) is 5.76 Å². The summed E-state index contributed by atoms with van der Waals surface area (Å²) in [6.07, 6.45) is 0. The van der Waals surface area contributed by atoms with Gasteiger partial charge >= 0.3 is 11.0 Å². The van der Waals surface area contributed by atoms with Crippen LogP contribution in [-0.2, 0) is 9.84 Å². The standard InChI is InChI=1S/C2H3F2NO3S/c3-1(4)9(7,8)2(5)6/h1H,(H2,5,6). The average Bonchev–Trinajstić information content (AvgIpc) is 1.65. The van der Waals surface area contributed by atoms with Gasteiger partial charge in [0, 0.05) is 0 Å². The summed E-state index contributed by atoms with van der Waals surface area (Å²) in [6.45, 7) is 0. The molecule has 0 rings (SSSR count). The Morgan fingerprint density at radius 1 is 1.44 bits per heavy atom. The fraction of sp³-hybridized carbons (Fsp3) is 0.500. The second-order valence-electron chi connectivity index (χ2n) is 1.12. The molecule has 9 heavy (non-hydrogen) atoms. The van der Waals surface area contributed by atoms with Crippen molar-refractivity contribution in [2.24, 2.45) is 5.73 Å². The fourth-order valence-electron chi connectivity index (χ4n) is 0.0878. The van der Waals surface area contributed by atoms with Crippen LogP contribution in [0, 0.1) is 0 Å². The van der Waals surface area contributed by atoms with E-state index in [2.05, 4.69) is 5.73 Å². The zero-order valence-electron chi connectivity index (χ0n) is 4.04. The predicted molar refractivity (Wildman–Crippen MR) is 24.5 cm³/mol. The Bertz CT molecular complexity index is 208. The van der Waals surface area contributed by atoms with Crippen LogP contribution in [-0.4, -0.2) is 19.4 Å². The van der Waals surface area contributed by atoms with Crippen molar-refractivity contribution < 1.29 is 22.0 Å². The van der Waals surface area contributed by atoms with E-state index < -0.39 is 20.8 Å². The first-order chi connectivity index (χ1) is 3.89. The van der Waals surface area contributed by atoms with Crippen molar-refractivity contribution in [3.63, 3.8) is 0 Å².